The van der Waals surface area contributed by atoms with Crippen molar-refractivity contribution in [3.8, 4) is 0 Å². The highest BCUT2D eigenvalue weighted by molar-refractivity contribution is 6.03. The van der Waals surface area contributed by atoms with Gasteiger partial charge in [0.25, 0.3) is 11.5 Å². The maximum atomic E-state index is 12.6. The Morgan fingerprint density at radius 2 is 1.84 bits per heavy atom. The Kier molecular flexibility index (Phi) is 4.75. The monoisotopic (exact) mass is 333 g/mol. The van der Waals surface area contributed by atoms with E-state index >= 15 is 0 Å². The van der Waals surface area contributed by atoms with Crippen molar-refractivity contribution in [2.24, 2.45) is 0 Å². The molecule has 0 radical (unpaired) electrons. The summed E-state index contributed by atoms with van der Waals surface area (Å²) in [6.07, 6.45) is 3.30. The predicted molar refractivity (Wildman–Crippen MR) is 97.9 cm³/mol. The summed E-state index contributed by atoms with van der Waals surface area (Å²) in [4.78, 5) is 29.1. The molecule has 0 unspecified atom stereocenters. The van der Waals surface area contributed by atoms with Crippen molar-refractivity contribution in [3.05, 3.63) is 93.5 Å². The molecule has 3 aromatic rings. The molecule has 0 aliphatic rings. The minimum atomic E-state index is -0.457. The SMILES string of the molecule is Cc1ccc(Cn2cccc(C(=O)Nc3cc(C)ccn3)c2=O)cc1. The van der Waals surface area contributed by atoms with E-state index in [1.54, 1.807) is 24.5 Å². The van der Waals surface area contributed by atoms with E-state index in [1.807, 2.05) is 44.2 Å². The number of hydrogen-bond donors (Lipinski definition) is 1. The molecule has 0 atom stereocenters. The molecule has 0 bridgehead atoms. The number of nitrogens with one attached hydrogen (secondary N) is 1. The third kappa shape index (κ3) is 4.01. The molecule has 1 aromatic carbocycles. The first kappa shape index (κ1) is 16.6. The zero-order valence-electron chi connectivity index (χ0n) is 14.2. The Morgan fingerprint density at radius 3 is 2.56 bits per heavy atom. The lowest BCUT2D eigenvalue weighted by atomic mass is 10.1. The molecule has 126 valence electrons. The molecule has 2 aromatic heterocycles. The topological polar surface area (TPSA) is 64.0 Å². The van der Waals surface area contributed by atoms with E-state index in [9.17, 15) is 9.59 Å². The van der Waals surface area contributed by atoms with Gasteiger partial charge in [-0.05, 0) is 49.2 Å². The number of benzene rings is 1. The lowest BCUT2D eigenvalue weighted by molar-refractivity contribution is 0.102. The van der Waals surface area contributed by atoms with Gasteiger partial charge in [0, 0.05) is 12.4 Å². The van der Waals surface area contributed by atoms with Crippen LogP contribution < -0.4 is 10.9 Å². The molecule has 3 rings (SSSR count). The number of nitrogens with zero attached hydrogens (tertiary/aromatic N) is 2. The van der Waals surface area contributed by atoms with Crippen LogP contribution in [0.25, 0.3) is 0 Å². The number of anilines is 1. The van der Waals surface area contributed by atoms with E-state index in [0.717, 1.165) is 16.7 Å². The van der Waals surface area contributed by atoms with Crippen LogP contribution in [0, 0.1) is 13.8 Å². The summed E-state index contributed by atoms with van der Waals surface area (Å²) in [6.45, 7) is 4.34. The fourth-order valence-corrected chi connectivity index (χ4v) is 2.51. The first-order chi connectivity index (χ1) is 12.0. The quantitative estimate of drug-likeness (QED) is 0.798. The van der Waals surface area contributed by atoms with Gasteiger partial charge in [0.15, 0.2) is 0 Å². The van der Waals surface area contributed by atoms with E-state index < -0.39 is 5.91 Å². The van der Waals surface area contributed by atoms with Crippen molar-refractivity contribution >= 4 is 11.7 Å². The summed E-state index contributed by atoms with van der Waals surface area (Å²) in [5.41, 5.74) is 2.92. The lowest BCUT2D eigenvalue weighted by Crippen LogP contribution is -2.29. The standard InChI is InChI=1S/C20H19N3O2/c1-14-5-7-16(8-6-14)13-23-11-3-4-17(20(23)25)19(24)22-18-12-15(2)9-10-21-18/h3-12H,13H2,1-2H3,(H,21,22,24). The van der Waals surface area contributed by atoms with Gasteiger partial charge in [0.05, 0.1) is 6.54 Å². The summed E-state index contributed by atoms with van der Waals surface area (Å²) in [5, 5.41) is 2.68. The third-order valence-corrected chi connectivity index (χ3v) is 3.90. The van der Waals surface area contributed by atoms with Gasteiger partial charge in [0.2, 0.25) is 0 Å². The molecule has 0 spiro atoms. The minimum absolute atomic E-state index is 0.0953. The Hall–Kier alpha value is -3.21. The largest absolute Gasteiger partial charge is 0.310 e. The molecule has 2 heterocycles. The summed E-state index contributed by atoms with van der Waals surface area (Å²) >= 11 is 0. The summed E-state index contributed by atoms with van der Waals surface area (Å²) < 4.78 is 1.53. The van der Waals surface area contributed by atoms with Gasteiger partial charge < -0.3 is 9.88 Å². The van der Waals surface area contributed by atoms with Gasteiger partial charge in [0.1, 0.15) is 11.4 Å². The molecule has 1 amide bonds. The molecule has 5 nitrogen and oxygen atoms in total. The number of hydrogen-bond acceptors (Lipinski definition) is 3. The van der Waals surface area contributed by atoms with Gasteiger partial charge in [-0.1, -0.05) is 29.8 Å². The molecular weight excluding hydrogens is 314 g/mol. The van der Waals surface area contributed by atoms with E-state index in [4.69, 9.17) is 0 Å². The van der Waals surface area contributed by atoms with Crippen molar-refractivity contribution in [2.75, 3.05) is 5.32 Å². The van der Waals surface area contributed by atoms with Gasteiger partial charge in [-0.2, -0.15) is 0 Å². The normalized spacial score (nSPS) is 10.5. The maximum Gasteiger partial charge on any atom is 0.263 e. The lowest BCUT2D eigenvalue weighted by Gasteiger charge is -2.09. The smallest absolute Gasteiger partial charge is 0.263 e. The van der Waals surface area contributed by atoms with Crippen LogP contribution in [0.1, 0.15) is 27.0 Å². The Labute approximate surface area is 146 Å². The van der Waals surface area contributed by atoms with Gasteiger partial charge in [-0.25, -0.2) is 4.98 Å². The van der Waals surface area contributed by atoms with E-state index in [1.165, 1.54) is 10.6 Å². The number of aryl methyl sites for hydroxylation is 2. The highest BCUT2D eigenvalue weighted by atomic mass is 16.2. The van der Waals surface area contributed by atoms with E-state index in [0.29, 0.717) is 12.4 Å². The minimum Gasteiger partial charge on any atom is -0.310 e. The first-order valence-corrected chi connectivity index (χ1v) is 8.02. The molecule has 0 aliphatic heterocycles. The van der Waals surface area contributed by atoms with Crippen LogP contribution in [0.2, 0.25) is 0 Å². The third-order valence-electron chi connectivity index (χ3n) is 3.90. The predicted octanol–water partition coefficient (Wildman–Crippen LogP) is 3.16. The maximum absolute atomic E-state index is 12.6. The number of aromatic nitrogens is 2. The van der Waals surface area contributed by atoms with Crippen molar-refractivity contribution in [1.29, 1.82) is 0 Å². The van der Waals surface area contributed by atoms with Gasteiger partial charge >= 0.3 is 0 Å². The summed E-state index contributed by atoms with van der Waals surface area (Å²) in [6, 6.07) is 14.8. The molecule has 5 heteroatoms. The molecule has 0 fully saturated rings. The number of amides is 1. The molecule has 0 aliphatic carbocycles. The molecule has 25 heavy (non-hydrogen) atoms. The summed E-state index contributed by atoms with van der Waals surface area (Å²) in [7, 11) is 0. The van der Waals surface area contributed by atoms with Gasteiger partial charge in [-0.15, -0.1) is 0 Å². The molecular formula is C20H19N3O2. The van der Waals surface area contributed by atoms with Crippen molar-refractivity contribution in [1.82, 2.24) is 9.55 Å². The molecule has 0 saturated heterocycles. The average Bonchev–Trinajstić information content (AvgIpc) is 2.58. The van der Waals surface area contributed by atoms with Crippen molar-refractivity contribution < 1.29 is 4.79 Å². The van der Waals surface area contributed by atoms with Crippen LogP contribution in [0.3, 0.4) is 0 Å². The average molecular weight is 333 g/mol. The Balaban J connectivity index is 1.84. The number of rotatable bonds is 4. The van der Waals surface area contributed by atoms with E-state index in [-0.39, 0.29) is 11.1 Å². The number of pyridine rings is 2. The van der Waals surface area contributed by atoms with Crippen molar-refractivity contribution in [3.63, 3.8) is 0 Å². The van der Waals surface area contributed by atoms with Gasteiger partial charge in [-0.3, -0.25) is 9.59 Å². The Morgan fingerprint density at radius 1 is 1.08 bits per heavy atom. The second-order valence-electron chi connectivity index (χ2n) is 6.01. The highest BCUT2D eigenvalue weighted by Gasteiger charge is 2.13. The fourth-order valence-electron chi connectivity index (χ4n) is 2.51. The van der Waals surface area contributed by atoms with Crippen LogP contribution in [0.4, 0.5) is 5.82 Å². The zero-order chi connectivity index (χ0) is 17.8. The summed E-state index contributed by atoms with van der Waals surface area (Å²) in [5.74, 6) is -0.0281. The van der Waals surface area contributed by atoms with Crippen LogP contribution in [-0.2, 0) is 6.54 Å². The highest BCUT2D eigenvalue weighted by Crippen LogP contribution is 2.08. The van der Waals surface area contributed by atoms with Crippen LogP contribution in [-0.4, -0.2) is 15.5 Å². The number of carbonyl (C=O) groups excluding carboxylic acids is 1. The van der Waals surface area contributed by atoms with Crippen LogP contribution in [0.15, 0.2) is 65.7 Å². The molecule has 1 N–H and O–H groups in total. The second-order valence-corrected chi connectivity index (χ2v) is 6.01. The first-order valence-electron chi connectivity index (χ1n) is 8.02. The Bertz CT molecular complexity index is 959. The zero-order valence-corrected chi connectivity index (χ0v) is 14.2. The number of carbonyl (C=O) groups is 1. The fraction of sp³-hybridized carbons (Fsp3) is 0.150. The van der Waals surface area contributed by atoms with Crippen LogP contribution in [0.5, 0.6) is 0 Å². The second kappa shape index (κ2) is 7.13. The molecule has 0 saturated carbocycles. The van der Waals surface area contributed by atoms with E-state index in [2.05, 4.69) is 10.3 Å². The van der Waals surface area contributed by atoms with Crippen LogP contribution >= 0.6 is 0 Å². The van der Waals surface area contributed by atoms with Crippen molar-refractivity contribution in [2.45, 2.75) is 20.4 Å².